The average Bonchev–Trinajstić information content (AvgIpc) is 3.40. The van der Waals surface area contributed by atoms with Crippen LogP contribution in [-0.4, -0.2) is 41.5 Å². The monoisotopic (exact) mass is 520 g/mol. The van der Waals surface area contributed by atoms with Gasteiger partial charge in [-0.05, 0) is 55.2 Å². The molecule has 1 aromatic heterocycles. The van der Waals surface area contributed by atoms with Crippen LogP contribution in [-0.2, 0) is 14.3 Å². The molecule has 1 saturated heterocycles. The highest BCUT2D eigenvalue weighted by molar-refractivity contribution is 7.17. The van der Waals surface area contributed by atoms with E-state index in [1.807, 2.05) is 24.3 Å². The van der Waals surface area contributed by atoms with Crippen LogP contribution in [0.3, 0.4) is 0 Å². The van der Waals surface area contributed by atoms with E-state index in [4.69, 9.17) is 9.47 Å². The van der Waals surface area contributed by atoms with Gasteiger partial charge in [-0.2, -0.15) is 0 Å². The summed E-state index contributed by atoms with van der Waals surface area (Å²) in [6, 6.07) is 13.2. The molecule has 0 bridgehead atoms. The van der Waals surface area contributed by atoms with E-state index in [2.05, 4.69) is 18.8 Å². The Bertz CT molecular complexity index is 1370. The van der Waals surface area contributed by atoms with Gasteiger partial charge in [-0.3, -0.25) is 14.5 Å². The summed E-state index contributed by atoms with van der Waals surface area (Å²) in [5.41, 5.74) is 2.42. The van der Waals surface area contributed by atoms with Crippen molar-refractivity contribution in [2.45, 2.75) is 39.7 Å². The Kier molecular flexibility index (Phi) is 7.45. The zero-order chi connectivity index (χ0) is 26.9. The van der Waals surface area contributed by atoms with Gasteiger partial charge >= 0.3 is 11.9 Å². The number of carbonyl (C=O) groups excluding carboxylic acids is 3. The van der Waals surface area contributed by atoms with Crippen molar-refractivity contribution in [1.29, 1.82) is 0 Å². The van der Waals surface area contributed by atoms with Crippen LogP contribution < -0.4 is 9.64 Å². The Labute approximate surface area is 219 Å². The number of rotatable bonds is 7. The SMILES string of the molecule is CCOC(=O)c1sc(N2C(=O)C(=O)/C(=C(/O)c3ccc(OC)cc3)C2c2ccc(C(C)C)cc2)nc1C. The molecule has 1 aliphatic heterocycles. The Hall–Kier alpha value is -3.98. The number of aliphatic hydroxyl groups excluding tert-OH is 1. The molecule has 8 nitrogen and oxygen atoms in total. The lowest BCUT2D eigenvalue weighted by Gasteiger charge is -2.23. The first-order valence-corrected chi connectivity index (χ1v) is 12.7. The molecule has 3 aromatic rings. The fourth-order valence-electron chi connectivity index (χ4n) is 4.18. The van der Waals surface area contributed by atoms with E-state index in [0.717, 1.165) is 16.9 Å². The van der Waals surface area contributed by atoms with Crippen LogP contribution in [0.2, 0.25) is 0 Å². The van der Waals surface area contributed by atoms with Gasteiger partial charge in [-0.15, -0.1) is 0 Å². The van der Waals surface area contributed by atoms with Gasteiger partial charge in [0.2, 0.25) is 0 Å². The number of aromatic nitrogens is 1. The van der Waals surface area contributed by atoms with Crippen molar-refractivity contribution in [3.05, 3.63) is 81.4 Å². The van der Waals surface area contributed by atoms with Gasteiger partial charge in [0, 0.05) is 5.56 Å². The highest BCUT2D eigenvalue weighted by atomic mass is 32.1. The number of benzene rings is 2. The smallest absolute Gasteiger partial charge is 0.350 e. The number of aryl methyl sites for hydroxylation is 1. The summed E-state index contributed by atoms with van der Waals surface area (Å²) in [7, 11) is 1.53. The third-order valence-corrected chi connectivity index (χ3v) is 7.32. The number of esters is 1. The van der Waals surface area contributed by atoms with Crippen molar-refractivity contribution >= 4 is 39.9 Å². The number of methoxy groups -OCH3 is 1. The van der Waals surface area contributed by atoms with E-state index >= 15 is 0 Å². The molecule has 1 aliphatic rings. The van der Waals surface area contributed by atoms with Gasteiger partial charge in [0.15, 0.2) is 5.13 Å². The minimum absolute atomic E-state index is 0.0574. The maximum atomic E-state index is 13.4. The number of anilines is 1. The molecule has 1 fully saturated rings. The lowest BCUT2D eigenvalue weighted by Crippen LogP contribution is -2.29. The first-order valence-electron chi connectivity index (χ1n) is 11.9. The van der Waals surface area contributed by atoms with Crippen LogP contribution in [0, 0.1) is 6.92 Å². The van der Waals surface area contributed by atoms with Crippen LogP contribution >= 0.6 is 11.3 Å². The van der Waals surface area contributed by atoms with E-state index in [1.165, 1.54) is 12.0 Å². The van der Waals surface area contributed by atoms with Crippen molar-refractivity contribution in [2.24, 2.45) is 0 Å². The largest absolute Gasteiger partial charge is 0.507 e. The van der Waals surface area contributed by atoms with Gasteiger partial charge in [-0.25, -0.2) is 9.78 Å². The molecule has 192 valence electrons. The average molecular weight is 521 g/mol. The van der Waals surface area contributed by atoms with Crippen LogP contribution in [0.25, 0.3) is 5.76 Å². The normalized spacial score (nSPS) is 16.9. The number of Topliss-reactive ketones (excluding diaryl/α,β-unsaturated/α-hetero) is 1. The molecule has 4 rings (SSSR count). The molecule has 0 spiro atoms. The second-order valence-corrected chi connectivity index (χ2v) is 9.83. The highest BCUT2D eigenvalue weighted by Gasteiger charge is 2.48. The predicted molar refractivity (Wildman–Crippen MR) is 141 cm³/mol. The Morgan fingerprint density at radius 3 is 2.32 bits per heavy atom. The first kappa shape index (κ1) is 26.1. The Morgan fingerprint density at radius 2 is 1.76 bits per heavy atom. The van der Waals surface area contributed by atoms with Crippen molar-refractivity contribution in [3.63, 3.8) is 0 Å². The standard InChI is InChI=1S/C28H28N2O6S/c1-6-36-27(34)25-16(4)29-28(37-25)30-22(18-9-7-17(8-10-18)15(2)3)21(24(32)26(30)33)23(31)19-11-13-20(35-5)14-12-19/h7-15,22,31H,6H2,1-5H3/b23-21+. The number of amides is 1. The highest BCUT2D eigenvalue weighted by Crippen LogP contribution is 2.44. The van der Waals surface area contributed by atoms with E-state index in [0.29, 0.717) is 22.6 Å². The molecular formula is C28H28N2O6S. The summed E-state index contributed by atoms with van der Waals surface area (Å²) < 4.78 is 10.3. The Balaban J connectivity index is 1.89. The van der Waals surface area contributed by atoms with Gasteiger partial charge < -0.3 is 14.6 Å². The molecule has 0 aliphatic carbocycles. The van der Waals surface area contributed by atoms with Crippen LogP contribution in [0.15, 0.2) is 54.1 Å². The first-order chi connectivity index (χ1) is 17.7. The van der Waals surface area contributed by atoms with Gasteiger partial charge in [-0.1, -0.05) is 49.4 Å². The minimum atomic E-state index is -0.941. The Morgan fingerprint density at radius 1 is 1.11 bits per heavy atom. The second kappa shape index (κ2) is 10.6. The number of thiazole rings is 1. The predicted octanol–water partition coefficient (Wildman–Crippen LogP) is 5.39. The van der Waals surface area contributed by atoms with Crippen molar-refractivity contribution in [1.82, 2.24) is 4.98 Å². The molecule has 1 unspecified atom stereocenters. The van der Waals surface area contributed by atoms with E-state index in [1.54, 1.807) is 38.1 Å². The van der Waals surface area contributed by atoms with E-state index in [-0.39, 0.29) is 33.9 Å². The lowest BCUT2D eigenvalue weighted by molar-refractivity contribution is -0.132. The number of ether oxygens (including phenoxy) is 2. The number of nitrogens with zero attached hydrogens (tertiary/aromatic N) is 2. The topological polar surface area (TPSA) is 106 Å². The lowest BCUT2D eigenvalue weighted by atomic mass is 9.93. The van der Waals surface area contributed by atoms with Gasteiger partial charge in [0.25, 0.3) is 5.78 Å². The molecular weight excluding hydrogens is 492 g/mol. The minimum Gasteiger partial charge on any atom is -0.507 e. The summed E-state index contributed by atoms with van der Waals surface area (Å²) >= 11 is 0.978. The number of aliphatic hydroxyl groups is 1. The third-order valence-electron chi connectivity index (χ3n) is 6.18. The van der Waals surface area contributed by atoms with Crippen LogP contribution in [0.1, 0.15) is 64.8 Å². The molecule has 0 saturated carbocycles. The fraction of sp³-hybridized carbons (Fsp3) is 0.286. The molecule has 1 amide bonds. The number of hydrogen-bond acceptors (Lipinski definition) is 8. The summed E-state index contributed by atoms with van der Waals surface area (Å²) in [6.45, 7) is 7.68. The third kappa shape index (κ3) is 4.86. The maximum absolute atomic E-state index is 13.4. The number of ketones is 1. The second-order valence-electron chi connectivity index (χ2n) is 8.85. The van der Waals surface area contributed by atoms with Crippen molar-refractivity contribution < 1.29 is 29.0 Å². The number of carbonyl (C=O) groups is 3. The van der Waals surface area contributed by atoms with Crippen molar-refractivity contribution in [2.75, 3.05) is 18.6 Å². The van der Waals surface area contributed by atoms with Gasteiger partial charge in [0.05, 0.1) is 31.0 Å². The fourth-order valence-corrected chi connectivity index (χ4v) is 5.17. The van der Waals surface area contributed by atoms with E-state index < -0.39 is 23.7 Å². The number of hydrogen-bond donors (Lipinski definition) is 1. The summed E-state index contributed by atoms with van der Waals surface area (Å²) in [6.07, 6.45) is 0. The molecule has 0 radical (unpaired) electrons. The molecule has 1 N–H and O–H groups in total. The quantitative estimate of drug-likeness (QED) is 0.193. The van der Waals surface area contributed by atoms with Gasteiger partial charge in [0.1, 0.15) is 16.4 Å². The van der Waals surface area contributed by atoms with Crippen molar-refractivity contribution in [3.8, 4) is 5.75 Å². The molecule has 2 aromatic carbocycles. The summed E-state index contributed by atoms with van der Waals surface area (Å²) in [5.74, 6) is -1.65. The zero-order valence-corrected chi connectivity index (χ0v) is 22.1. The molecule has 2 heterocycles. The summed E-state index contributed by atoms with van der Waals surface area (Å²) in [4.78, 5) is 45.1. The molecule has 1 atom stereocenters. The summed E-state index contributed by atoms with van der Waals surface area (Å²) in [5, 5.41) is 11.5. The zero-order valence-electron chi connectivity index (χ0n) is 21.3. The maximum Gasteiger partial charge on any atom is 0.350 e. The van der Waals surface area contributed by atoms with Crippen LogP contribution in [0.4, 0.5) is 5.13 Å². The molecule has 37 heavy (non-hydrogen) atoms. The van der Waals surface area contributed by atoms with Crippen LogP contribution in [0.5, 0.6) is 5.75 Å². The molecule has 9 heteroatoms. The van der Waals surface area contributed by atoms with E-state index in [9.17, 15) is 19.5 Å².